The molecule has 0 aromatic carbocycles. The highest BCUT2D eigenvalue weighted by Gasteiger charge is 2.08. The molecular formula is C8H7N5S. The van der Waals surface area contributed by atoms with Crippen LogP contribution in [0.5, 0.6) is 0 Å². The Morgan fingerprint density at radius 1 is 1.43 bits per heavy atom. The Morgan fingerprint density at radius 2 is 2.29 bits per heavy atom. The summed E-state index contributed by atoms with van der Waals surface area (Å²) in [6.45, 7) is 0. The third-order valence-electron chi connectivity index (χ3n) is 1.69. The monoisotopic (exact) mass is 205 g/mol. The first-order valence-electron chi connectivity index (χ1n) is 3.90. The van der Waals surface area contributed by atoms with E-state index >= 15 is 0 Å². The molecule has 2 heterocycles. The maximum atomic E-state index is 5.54. The molecule has 5 nitrogen and oxygen atoms in total. The smallest absolute Gasteiger partial charge is 0.185 e. The minimum absolute atomic E-state index is 0.283. The molecule has 0 aliphatic carbocycles. The first kappa shape index (κ1) is 8.76. The molecule has 2 rings (SSSR count). The summed E-state index contributed by atoms with van der Waals surface area (Å²) < 4.78 is 1.57. The van der Waals surface area contributed by atoms with Gasteiger partial charge in [0, 0.05) is 12.4 Å². The number of thiocarbonyl (C=S) groups is 1. The zero-order valence-corrected chi connectivity index (χ0v) is 7.98. The summed E-state index contributed by atoms with van der Waals surface area (Å²) in [6.07, 6.45) is 4.95. The van der Waals surface area contributed by atoms with Gasteiger partial charge in [-0.2, -0.15) is 10.2 Å². The Kier molecular flexibility index (Phi) is 2.19. The molecule has 0 atom stereocenters. The van der Waals surface area contributed by atoms with Gasteiger partial charge in [-0.05, 0) is 12.1 Å². The van der Waals surface area contributed by atoms with E-state index in [2.05, 4.69) is 15.3 Å². The highest BCUT2D eigenvalue weighted by Crippen LogP contribution is 2.08. The van der Waals surface area contributed by atoms with Crippen molar-refractivity contribution in [2.75, 3.05) is 0 Å². The second kappa shape index (κ2) is 3.51. The van der Waals surface area contributed by atoms with E-state index in [1.807, 2.05) is 0 Å². The van der Waals surface area contributed by atoms with Crippen molar-refractivity contribution in [3.63, 3.8) is 0 Å². The predicted molar refractivity (Wildman–Crippen MR) is 55.0 cm³/mol. The fourth-order valence-corrected chi connectivity index (χ4v) is 1.24. The second-order valence-corrected chi connectivity index (χ2v) is 3.02. The number of hydrogen-bond donors (Lipinski definition) is 1. The Hall–Kier alpha value is -1.82. The topological polar surface area (TPSA) is 69.6 Å². The van der Waals surface area contributed by atoms with Crippen molar-refractivity contribution in [1.82, 2.24) is 20.0 Å². The van der Waals surface area contributed by atoms with Crippen LogP contribution in [0.1, 0.15) is 5.56 Å². The van der Waals surface area contributed by atoms with Gasteiger partial charge < -0.3 is 5.73 Å². The molecule has 0 amide bonds. The fraction of sp³-hybridized carbons (Fsp3) is 0. The summed E-state index contributed by atoms with van der Waals surface area (Å²) in [5.41, 5.74) is 6.21. The van der Waals surface area contributed by atoms with Crippen LogP contribution in [0.3, 0.4) is 0 Å². The summed E-state index contributed by atoms with van der Waals surface area (Å²) >= 11 is 4.89. The van der Waals surface area contributed by atoms with Gasteiger partial charge in [-0.15, -0.1) is 5.10 Å². The average molecular weight is 205 g/mol. The molecule has 2 aromatic heterocycles. The lowest BCUT2D eigenvalue weighted by Crippen LogP contribution is -2.15. The molecule has 2 N–H and O–H groups in total. The van der Waals surface area contributed by atoms with Crippen LogP contribution >= 0.6 is 12.2 Å². The van der Waals surface area contributed by atoms with Gasteiger partial charge in [0.1, 0.15) is 4.99 Å². The lowest BCUT2D eigenvalue weighted by Gasteiger charge is -2.04. The lowest BCUT2D eigenvalue weighted by molar-refractivity contribution is 0.812. The van der Waals surface area contributed by atoms with Crippen LogP contribution in [-0.4, -0.2) is 25.0 Å². The fourth-order valence-electron chi connectivity index (χ4n) is 1.08. The molecule has 6 heteroatoms. The summed E-state index contributed by atoms with van der Waals surface area (Å²) in [5.74, 6) is 0.546. The van der Waals surface area contributed by atoms with E-state index in [0.717, 1.165) is 0 Å². The van der Waals surface area contributed by atoms with E-state index < -0.39 is 0 Å². The zero-order valence-electron chi connectivity index (χ0n) is 7.16. The summed E-state index contributed by atoms with van der Waals surface area (Å²) in [4.78, 5) is 0.283. The zero-order chi connectivity index (χ0) is 9.97. The van der Waals surface area contributed by atoms with Crippen LogP contribution < -0.4 is 5.73 Å². The van der Waals surface area contributed by atoms with Crippen molar-refractivity contribution in [3.05, 3.63) is 36.3 Å². The maximum absolute atomic E-state index is 5.54. The number of nitrogens with two attached hydrogens (primary N) is 1. The number of hydrogen-bond acceptors (Lipinski definition) is 4. The highest BCUT2D eigenvalue weighted by molar-refractivity contribution is 7.80. The van der Waals surface area contributed by atoms with Crippen molar-refractivity contribution in [3.8, 4) is 5.82 Å². The molecule has 0 aliphatic rings. The highest BCUT2D eigenvalue weighted by atomic mass is 32.1. The molecule has 0 saturated heterocycles. The van der Waals surface area contributed by atoms with Gasteiger partial charge in [-0.3, -0.25) is 0 Å². The van der Waals surface area contributed by atoms with Gasteiger partial charge in [-0.1, -0.05) is 12.2 Å². The molecule has 0 spiro atoms. The van der Waals surface area contributed by atoms with Crippen LogP contribution in [0.4, 0.5) is 0 Å². The average Bonchev–Trinajstić information content (AvgIpc) is 2.70. The number of nitrogens with zero attached hydrogens (tertiary/aromatic N) is 4. The molecule has 0 unspecified atom stereocenters. The van der Waals surface area contributed by atoms with Gasteiger partial charge >= 0.3 is 0 Å². The van der Waals surface area contributed by atoms with Crippen molar-refractivity contribution in [2.45, 2.75) is 0 Å². The molecular weight excluding hydrogens is 198 g/mol. The minimum Gasteiger partial charge on any atom is -0.389 e. The summed E-state index contributed by atoms with van der Waals surface area (Å²) in [7, 11) is 0. The van der Waals surface area contributed by atoms with E-state index in [9.17, 15) is 0 Å². The van der Waals surface area contributed by atoms with Crippen molar-refractivity contribution < 1.29 is 0 Å². The molecule has 0 aliphatic heterocycles. The Bertz CT molecular complexity index is 451. The second-order valence-electron chi connectivity index (χ2n) is 2.58. The Morgan fingerprint density at radius 3 is 2.93 bits per heavy atom. The van der Waals surface area contributed by atoms with E-state index in [-0.39, 0.29) is 4.99 Å². The summed E-state index contributed by atoms with van der Waals surface area (Å²) in [6, 6.07) is 3.50. The normalized spacial score (nSPS) is 10.0. The van der Waals surface area contributed by atoms with E-state index in [1.165, 1.54) is 0 Å². The van der Waals surface area contributed by atoms with Crippen molar-refractivity contribution in [1.29, 1.82) is 0 Å². The third-order valence-corrected chi connectivity index (χ3v) is 1.91. The van der Waals surface area contributed by atoms with E-state index in [0.29, 0.717) is 11.4 Å². The Balaban J connectivity index is 2.58. The molecule has 0 fully saturated rings. The van der Waals surface area contributed by atoms with Gasteiger partial charge in [0.25, 0.3) is 0 Å². The molecule has 2 aromatic rings. The number of rotatable bonds is 2. The van der Waals surface area contributed by atoms with Gasteiger partial charge in [0.2, 0.25) is 0 Å². The molecule has 70 valence electrons. The van der Waals surface area contributed by atoms with Crippen LogP contribution in [-0.2, 0) is 0 Å². The summed E-state index contributed by atoms with van der Waals surface area (Å²) in [5, 5.41) is 11.7. The van der Waals surface area contributed by atoms with Crippen LogP contribution in [0, 0.1) is 0 Å². The van der Waals surface area contributed by atoms with Gasteiger partial charge in [-0.25, -0.2) is 4.68 Å². The van der Waals surface area contributed by atoms with Crippen LogP contribution in [0.2, 0.25) is 0 Å². The molecule has 14 heavy (non-hydrogen) atoms. The quantitative estimate of drug-likeness (QED) is 0.714. The molecule has 0 radical (unpaired) electrons. The molecule has 0 saturated carbocycles. The first-order chi connectivity index (χ1) is 6.79. The number of aromatic nitrogens is 4. The predicted octanol–water partition coefficient (Wildman–Crippen LogP) is 0.297. The maximum Gasteiger partial charge on any atom is 0.185 e. The van der Waals surface area contributed by atoms with E-state index in [1.54, 1.807) is 35.4 Å². The third kappa shape index (κ3) is 1.47. The van der Waals surface area contributed by atoms with E-state index in [4.69, 9.17) is 18.0 Å². The van der Waals surface area contributed by atoms with Crippen LogP contribution in [0.15, 0.2) is 30.7 Å². The van der Waals surface area contributed by atoms with Crippen LogP contribution in [0.25, 0.3) is 5.82 Å². The lowest BCUT2D eigenvalue weighted by atomic mass is 10.3. The SMILES string of the molecule is NC(=S)c1ccnnc1-n1cccn1. The van der Waals surface area contributed by atoms with Crippen molar-refractivity contribution in [2.24, 2.45) is 5.73 Å². The standard InChI is InChI=1S/C8H7N5S/c9-7(14)6-2-4-10-12-8(6)13-5-1-3-11-13/h1-5H,(H2,9,14). The largest absolute Gasteiger partial charge is 0.389 e. The van der Waals surface area contributed by atoms with Crippen molar-refractivity contribution >= 4 is 17.2 Å². The molecule has 0 bridgehead atoms. The first-order valence-corrected chi connectivity index (χ1v) is 4.31. The minimum atomic E-state index is 0.283. The van der Waals surface area contributed by atoms with Gasteiger partial charge in [0.05, 0.1) is 11.8 Å². The van der Waals surface area contributed by atoms with Gasteiger partial charge in [0.15, 0.2) is 5.82 Å². The Labute approximate surface area is 85.6 Å².